The van der Waals surface area contributed by atoms with Crippen LogP contribution in [0.25, 0.3) is 0 Å². The van der Waals surface area contributed by atoms with Gasteiger partial charge in [0.2, 0.25) is 0 Å². The summed E-state index contributed by atoms with van der Waals surface area (Å²) in [4.78, 5) is 3.48. The van der Waals surface area contributed by atoms with Crippen LogP contribution in [0.5, 0.6) is 0 Å². The summed E-state index contributed by atoms with van der Waals surface area (Å²) in [5.41, 5.74) is 2.62. The van der Waals surface area contributed by atoms with Gasteiger partial charge in [-0.1, -0.05) is 12.2 Å². The quantitative estimate of drug-likeness (QED) is 0.724. The first-order chi connectivity index (χ1) is 9.92. The lowest BCUT2D eigenvalue weighted by Crippen LogP contribution is -2.23. The van der Waals surface area contributed by atoms with Gasteiger partial charge in [0.25, 0.3) is 0 Å². The molecule has 0 saturated carbocycles. The molecule has 6 heteroatoms. The fourth-order valence-corrected chi connectivity index (χ4v) is 4.20. The van der Waals surface area contributed by atoms with E-state index in [0.717, 1.165) is 21.6 Å². The fraction of sp³-hybridized carbons (Fsp3) is 0.333. The van der Waals surface area contributed by atoms with Crippen LogP contribution in [0.4, 0.5) is 0 Å². The molecule has 0 bridgehead atoms. The van der Waals surface area contributed by atoms with Crippen molar-refractivity contribution in [1.82, 2.24) is 9.47 Å². The standard InChI is InChI=1S/C15H16BrN3S2/c1-10-6-11(2)19(15(20)13(10)7-17)9-18(3)8-12-4-5-14(16)21-12/h4-6H,8-9H2,1-3H3. The number of aryl methyl sites for hydroxylation is 2. The molecule has 0 amide bonds. The molecule has 2 rings (SSSR count). The van der Waals surface area contributed by atoms with Gasteiger partial charge in [-0.15, -0.1) is 11.3 Å². The molecular formula is C15H16BrN3S2. The van der Waals surface area contributed by atoms with Gasteiger partial charge in [-0.3, -0.25) is 4.90 Å². The maximum Gasteiger partial charge on any atom is 0.125 e. The number of thiophene rings is 1. The summed E-state index contributed by atoms with van der Waals surface area (Å²) in [5, 5.41) is 9.24. The molecule has 2 heterocycles. The largest absolute Gasteiger partial charge is 0.322 e. The van der Waals surface area contributed by atoms with Crippen molar-refractivity contribution in [3.05, 3.63) is 48.3 Å². The Morgan fingerprint density at radius 2 is 2.14 bits per heavy atom. The van der Waals surface area contributed by atoms with Crippen molar-refractivity contribution in [2.24, 2.45) is 0 Å². The number of hydrogen-bond donors (Lipinski definition) is 0. The molecule has 0 fully saturated rings. The molecule has 3 nitrogen and oxygen atoms in total. The minimum atomic E-state index is 0.600. The van der Waals surface area contributed by atoms with E-state index in [4.69, 9.17) is 12.2 Å². The summed E-state index contributed by atoms with van der Waals surface area (Å²) < 4.78 is 3.78. The highest BCUT2D eigenvalue weighted by Gasteiger charge is 2.10. The monoisotopic (exact) mass is 381 g/mol. The van der Waals surface area contributed by atoms with Crippen LogP contribution in [-0.2, 0) is 13.2 Å². The van der Waals surface area contributed by atoms with Gasteiger partial charge in [-0.2, -0.15) is 5.26 Å². The molecule has 0 aliphatic carbocycles. The van der Waals surface area contributed by atoms with E-state index >= 15 is 0 Å². The molecule has 2 aromatic rings. The Hall–Kier alpha value is -1.00. The molecule has 0 aromatic carbocycles. The molecule has 110 valence electrons. The van der Waals surface area contributed by atoms with Gasteiger partial charge in [-0.25, -0.2) is 0 Å². The molecule has 0 aliphatic heterocycles. The highest BCUT2D eigenvalue weighted by Crippen LogP contribution is 2.23. The molecular weight excluding hydrogens is 366 g/mol. The lowest BCUT2D eigenvalue weighted by Gasteiger charge is -2.21. The van der Waals surface area contributed by atoms with Crippen LogP contribution in [0.1, 0.15) is 21.7 Å². The average molecular weight is 382 g/mol. The Morgan fingerprint density at radius 3 is 2.71 bits per heavy atom. The summed E-state index contributed by atoms with van der Waals surface area (Å²) in [6, 6.07) is 8.41. The summed E-state index contributed by atoms with van der Waals surface area (Å²) in [7, 11) is 2.06. The summed E-state index contributed by atoms with van der Waals surface area (Å²) in [5.74, 6) is 0. The number of pyridine rings is 1. The predicted octanol–water partition coefficient (Wildman–Crippen LogP) is 4.62. The number of hydrogen-bond acceptors (Lipinski definition) is 4. The van der Waals surface area contributed by atoms with Gasteiger partial charge < -0.3 is 4.57 Å². The van der Waals surface area contributed by atoms with E-state index in [1.807, 2.05) is 24.5 Å². The van der Waals surface area contributed by atoms with Crippen LogP contribution in [-0.4, -0.2) is 16.5 Å². The lowest BCUT2D eigenvalue weighted by atomic mass is 10.1. The van der Waals surface area contributed by atoms with Crippen molar-refractivity contribution in [3.8, 4) is 6.07 Å². The SMILES string of the molecule is Cc1cc(C)n(CN(C)Cc2ccc(Br)s2)c(=S)c1C#N. The third-order valence-corrected chi connectivity index (χ3v) is 5.29. The zero-order valence-corrected chi connectivity index (χ0v) is 15.4. The highest BCUT2D eigenvalue weighted by molar-refractivity contribution is 9.11. The zero-order valence-electron chi connectivity index (χ0n) is 12.2. The second-order valence-electron chi connectivity index (χ2n) is 5.05. The van der Waals surface area contributed by atoms with Crippen LogP contribution >= 0.6 is 39.5 Å². The molecule has 0 atom stereocenters. The third kappa shape index (κ3) is 3.80. The van der Waals surface area contributed by atoms with E-state index in [9.17, 15) is 5.26 Å². The maximum absolute atomic E-state index is 9.24. The molecule has 0 unspecified atom stereocenters. The molecule has 0 aliphatic rings. The average Bonchev–Trinajstić information content (AvgIpc) is 2.80. The second kappa shape index (κ2) is 6.84. The van der Waals surface area contributed by atoms with Gasteiger partial charge in [0.05, 0.1) is 16.0 Å². The summed E-state index contributed by atoms with van der Waals surface area (Å²) >= 11 is 10.7. The van der Waals surface area contributed by atoms with Gasteiger partial charge in [0, 0.05) is 17.1 Å². The van der Waals surface area contributed by atoms with Crippen molar-refractivity contribution >= 4 is 39.5 Å². The second-order valence-corrected chi connectivity index (χ2v) is 7.98. The number of nitriles is 1. The zero-order chi connectivity index (χ0) is 15.6. The molecule has 21 heavy (non-hydrogen) atoms. The van der Waals surface area contributed by atoms with Gasteiger partial charge in [-0.05, 0) is 60.6 Å². The van der Waals surface area contributed by atoms with E-state index in [1.54, 1.807) is 11.3 Å². The first-order valence-electron chi connectivity index (χ1n) is 6.46. The van der Waals surface area contributed by atoms with Crippen molar-refractivity contribution in [2.75, 3.05) is 7.05 Å². The first kappa shape index (κ1) is 16.4. The minimum Gasteiger partial charge on any atom is -0.322 e. The van der Waals surface area contributed by atoms with E-state index in [-0.39, 0.29) is 0 Å². The summed E-state index contributed by atoms with van der Waals surface area (Å²) in [6.07, 6.45) is 0. The van der Waals surface area contributed by atoms with Gasteiger partial charge in [0.15, 0.2) is 0 Å². The summed E-state index contributed by atoms with van der Waals surface area (Å²) in [6.45, 7) is 5.49. The smallest absolute Gasteiger partial charge is 0.125 e. The molecule has 0 radical (unpaired) electrons. The number of nitrogens with zero attached hydrogens (tertiary/aromatic N) is 3. The number of aromatic nitrogens is 1. The highest BCUT2D eigenvalue weighted by atomic mass is 79.9. The molecule has 0 N–H and O–H groups in total. The Balaban J connectivity index is 2.23. The molecule has 0 spiro atoms. The lowest BCUT2D eigenvalue weighted by molar-refractivity contribution is 0.258. The van der Waals surface area contributed by atoms with Crippen LogP contribution in [0.15, 0.2) is 22.0 Å². The van der Waals surface area contributed by atoms with Crippen LogP contribution < -0.4 is 0 Å². The van der Waals surface area contributed by atoms with Crippen molar-refractivity contribution in [3.63, 3.8) is 0 Å². The Morgan fingerprint density at radius 1 is 1.43 bits per heavy atom. The maximum atomic E-state index is 9.24. The number of rotatable bonds is 4. The molecule has 2 aromatic heterocycles. The Labute approximate surface area is 142 Å². The Kier molecular flexibility index (Phi) is 5.33. The predicted molar refractivity (Wildman–Crippen MR) is 92.9 cm³/mol. The minimum absolute atomic E-state index is 0.600. The van der Waals surface area contributed by atoms with Crippen molar-refractivity contribution < 1.29 is 0 Å². The van der Waals surface area contributed by atoms with E-state index < -0.39 is 0 Å². The number of halogens is 1. The first-order valence-corrected chi connectivity index (χ1v) is 8.48. The van der Waals surface area contributed by atoms with Gasteiger partial charge >= 0.3 is 0 Å². The molecule has 0 saturated heterocycles. The van der Waals surface area contributed by atoms with Crippen molar-refractivity contribution in [1.29, 1.82) is 5.26 Å². The van der Waals surface area contributed by atoms with E-state index in [0.29, 0.717) is 16.9 Å². The normalized spacial score (nSPS) is 10.9. The van der Waals surface area contributed by atoms with Crippen LogP contribution in [0.3, 0.4) is 0 Å². The Bertz CT molecular complexity index is 755. The van der Waals surface area contributed by atoms with E-state index in [2.05, 4.69) is 46.1 Å². The fourth-order valence-electron chi connectivity index (χ4n) is 2.23. The topological polar surface area (TPSA) is 32.0 Å². The van der Waals surface area contributed by atoms with Gasteiger partial charge in [0.1, 0.15) is 10.7 Å². The van der Waals surface area contributed by atoms with Crippen LogP contribution in [0.2, 0.25) is 0 Å². The van der Waals surface area contributed by atoms with Crippen molar-refractivity contribution in [2.45, 2.75) is 27.1 Å². The third-order valence-electron chi connectivity index (χ3n) is 3.25. The van der Waals surface area contributed by atoms with E-state index in [1.165, 1.54) is 4.88 Å². The van der Waals surface area contributed by atoms with Crippen LogP contribution in [0, 0.1) is 29.8 Å².